The van der Waals surface area contributed by atoms with Crippen LogP contribution in [0.1, 0.15) is 42.5 Å². The number of ether oxygens (including phenoxy) is 1. The summed E-state index contributed by atoms with van der Waals surface area (Å²) in [6, 6.07) is 3.12. The highest BCUT2D eigenvalue weighted by Gasteiger charge is 2.48. The first-order valence-electron chi connectivity index (χ1n) is 8.28. The number of carbonyl (C=O) groups excluding carboxylic acids is 2. The Kier molecular flexibility index (Phi) is 4.94. The van der Waals surface area contributed by atoms with E-state index in [2.05, 4.69) is 0 Å². The Morgan fingerprint density at radius 1 is 1.32 bits per heavy atom. The van der Waals surface area contributed by atoms with Gasteiger partial charge in [-0.05, 0) is 31.2 Å². The van der Waals surface area contributed by atoms with Crippen LogP contribution in [0.2, 0.25) is 5.02 Å². The molecule has 2 aliphatic rings. The largest absolute Gasteiger partial charge is 0.467 e. The summed E-state index contributed by atoms with van der Waals surface area (Å²) < 4.78 is 4.88. The predicted molar refractivity (Wildman–Crippen MR) is 90.4 cm³/mol. The number of hydrogen-bond acceptors (Lipinski definition) is 5. The summed E-state index contributed by atoms with van der Waals surface area (Å²) in [5.74, 6) is -0.524. The molecule has 25 heavy (non-hydrogen) atoms. The average Bonchev–Trinajstić information content (AvgIpc) is 2.99. The summed E-state index contributed by atoms with van der Waals surface area (Å²) in [6.07, 6.45) is 4.51. The number of rotatable bonds is 3. The van der Waals surface area contributed by atoms with Crippen LogP contribution < -0.4 is 0 Å². The highest BCUT2D eigenvalue weighted by molar-refractivity contribution is 6.34. The number of nitro benzene ring substituents is 1. The van der Waals surface area contributed by atoms with Crippen LogP contribution in [0.3, 0.4) is 0 Å². The zero-order chi connectivity index (χ0) is 18.1. The van der Waals surface area contributed by atoms with Crippen LogP contribution in [0.15, 0.2) is 18.2 Å². The van der Waals surface area contributed by atoms with Gasteiger partial charge in [-0.1, -0.05) is 24.4 Å². The Balaban J connectivity index is 1.95. The molecule has 0 N–H and O–H groups in total. The van der Waals surface area contributed by atoms with Crippen LogP contribution in [-0.2, 0) is 9.53 Å². The molecule has 2 fully saturated rings. The van der Waals surface area contributed by atoms with Gasteiger partial charge in [-0.2, -0.15) is 0 Å². The first-order chi connectivity index (χ1) is 11.9. The van der Waals surface area contributed by atoms with Crippen LogP contribution in [0, 0.1) is 16.0 Å². The molecule has 1 heterocycles. The van der Waals surface area contributed by atoms with Crippen molar-refractivity contribution < 1.29 is 19.2 Å². The fourth-order valence-corrected chi connectivity index (χ4v) is 4.28. The molecule has 3 rings (SSSR count). The van der Waals surface area contributed by atoms with E-state index in [0.717, 1.165) is 31.7 Å². The maximum atomic E-state index is 13.1. The van der Waals surface area contributed by atoms with Crippen molar-refractivity contribution in [3.8, 4) is 0 Å². The number of fused-ring (bicyclic) bond motifs is 1. The van der Waals surface area contributed by atoms with Gasteiger partial charge in [0.1, 0.15) is 6.04 Å². The molecule has 1 aromatic rings. The Hall–Kier alpha value is -2.15. The molecule has 0 aromatic heterocycles. The predicted octanol–water partition coefficient (Wildman–Crippen LogP) is 3.19. The van der Waals surface area contributed by atoms with Gasteiger partial charge >= 0.3 is 5.97 Å². The van der Waals surface area contributed by atoms with Gasteiger partial charge in [0.25, 0.3) is 11.6 Å². The van der Waals surface area contributed by atoms with Crippen molar-refractivity contribution >= 4 is 29.2 Å². The van der Waals surface area contributed by atoms with Gasteiger partial charge in [0, 0.05) is 18.2 Å². The first-order valence-corrected chi connectivity index (χ1v) is 8.66. The van der Waals surface area contributed by atoms with Gasteiger partial charge < -0.3 is 9.64 Å². The van der Waals surface area contributed by atoms with E-state index in [1.807, 2.05) is 0 Å². The minimum atomic E-state index is -0.628. The van der Waals surface area contributed by atoms with Gasteiger partial charge in [0.15, 0.2) is 0 Å². The number of methoxy groups -OCH3 is 1. The second-order valence-corrected chi connectivity index (χ2v) is 6.93. The maximum Gasteiger partial charge on any atom is 0.328 e. The summed E-state index contributed by atoms with van der Waals surface area (Å²) in [7, 11) is 1.31. The van der Waals surface area contributed by atoms with E-state index in [0.29, 0.717) is 6.42 Å². The lowest BCUT2D eigenvalue weighted by molar-refractivity contribution is -0.384. The number of hydrogen-bond donors (Lipinski definition) is 0. The number of nitrogens with zero attached hydrogens (tertiary/aromatic N) is 2. The van der Waals surface area contributed by atoms with E-state index in [1.165, 1.54) is 19.2 Å². The molecule has 134 valence electrons. The number of likely N-dealkylation sites (tertiary alicyclic amines) is 1. The monoisotopic (exact) mass is 366 g/mol. The van der Waals surface area contributed by atoms with Crippen molar-refractivity contribution in [1.29, 1.82) is 0 Å². The zero-order valence-corrected chi connectivity index (χ0v) is 14.6. The molecule has 0 spiro atoms. The minimum Gasteiger partial charge on any atom is -0.467 e. The van der Waals surface area contributed by atoms with E-state index in [4.69, 9.17) is 16.3 Å². The Morgan fingerprint density at radius 2 is 2.04 bits per heavy atom. The van der Waals surface area contributed by atoms with Crippen molar-refractivity contribution in [2.45, 2.75) is 44.2 Å². The van der Waals surface area contributed by atoms with Crippen LogP contribution in [0.25, 0.3) is 0 Å². The van der Waals surface area contributed by atoms with Gasteiger partial charge in [-0.3, -0.25) is 14.9 Å². The summed E-state index contributed by atoms with van der Waals surface area (Å²) in [6.45, 7) is 0. The molecule has 8 heteroatoms. The second-order valence-electron chi connectivity index (χ2n) is 6.52. The highest BCUT2D eigenvalue weighted by Crippen LogP contribution is 2.41. The molecule has 1 amide bonds. The smallest absolute Gasteiger partial charge is 0.328 e. The van der Waals surface area contributed by atoms with E-state index in [1.54, 1.807) is 4.90 Å². The van der Waals surface area contributed by atoms with E-state index >= 15 is 0 Å². The Labute approximate surface area is 150 Å². The van der Waals surface area contributed by atoms with Crippen LogP contribution >= 0.6 is 11.6 Å². The minimum absolute atomic E-state index is 0.0158. The van der Waals surface area contributed by atoms with E-state index in [-0.39, 0.29) is 34.1 Å². The van der Waals surface area contributed by atoms with Gasteiger partial charge in [0.05, 0.1) is 22.6 Å². The standard InChI is InChI=1S/C17H19ClN2O5/c1-25-17(22)15-8-10-4-2-3-5-14(10)19(15)16(21)12-7-6-11(20(23)24)9-13(12)18/h6-7,9-10,14-15H,2-5,8H2,1H3/t10-,14+,15+/m1/s1. The number of esters is 1. The average molecular weight is 367 g/mol. The number of non-ortho nitro benzene ring substituents is 1. The molecule has 1 aliphatic carbocycles. The molecule has 0 unspecified atom stereocenters. The molecule has 3 atom stereocenters. The third-order valence-electron chi connectivity index (χ3n) is 5.19. The summed E-state index contributed by atoms with van der Waals surface area (Å²) in [5, 5.41) is 10.9. The lowest BCUT2D eigenvalue weighted by atomic mass is 9.84. The fraction of sp³-hybridized carbons (Fsp3) is 0.529. The van der Waals surface area contributed by atoms with Crippen molar-refractivity contribution in [1.82, 2.24) is 4.90 Å². The molecule has 0 radical (unpaired) electrons. The van der Waals surface area contributed by atoms with Crippen molar-refractivity contribution in [2.75, 3.05) is 7.11 Å². The van der Waals surface area contributed by atoms with Crippen LogP contribution in [0.5, 0.6) is 0 Å². The Bertz CT molecular complexity index is 723. The maximum absolute atomic E-state index is 13.1. The number of benzene rings is 1. The SMILES string of the molecule is COC(=O)[C@@H]1C[C@H]2CCCC[C@@H]2N1C(=O)c1ccc([N+](=O)[O-])cc1Cl. The van der Waals surface area contributed by atoms with Crippen molar-refractivity contribution in [2.24, 2.45) is 5.92 Å². The summed E-state index contributed by atoms with van der Waals surface area (Å²) in [5.41, 5.74) is -0.00424. The van der Waals surface area contributed by atoms with E-state index in [9.17, 15) is 19.7 Å². The van der Waals surface area contributed by atoms with Gasteiger partial charge in [-0.25, -0.2) is 4.79 Å². The number of nitro groups is 1. The normalized spacial score (nSPS) is 25.4. The van der Waals surface area contributed by atoms with Crippen LogP contribution in [-0.4, -0.2) is 40.9 Å². The third-order valence-corrected chi connectivity index (χ3v) is 5.50. The topological polar surface area (TPSA) is 89.8 Å². The second kappa shape index (κ2) is 7.00. The molecular formula is C17H19ClN2O5. The van der Waals surface area contributed by atoms with Crippen molar-refractivity contribution in [3.63, 3.8) is 0 Å². The molecule has 1 aliphatic heterocycles. The molecule has 1 saturated heterocycles. The molecule has 1 aromatic carbocycles. The summed E-state index contributed by atoms with van der Waals surface area (Å²) in [4.78, 5) is 37.2. The lowest BCUT2D eigenvalue weighted by Gasteiger charge is -2.33. The lowest BCUT2D eigenvalue weighted by Crippen LogP contribution is -2.46. The number of halogens is 1. The number of amides is 1. The molecule has 0 bridgehead atoms. The Morgan fingerprint density at radius 3 is 2.68 bits per heavy atom. The highest BCUT2D eigenvalue weighted by atomic mass is 35.5. The molecular weight excluding hydrogens is 348 g/mol. The fourth-order valence-electron chi connectivity index (χ4n) is 4.03. The van der Waals surface area contributed by atoms with Crippen molar-refractivity contribution in [3.05, 3.63) is 38.9 Å². The van der Waals surface area contributed by atoms with Gasteiger partial charge in [-0.15, -0.1) is 0 Å². The van der Waals surface area contributed by atoms with Gasteiger partial charge in [0.2, 0.25) is 0 Å². The number of carbonyl (C=O) groups is 2. The first kappa shape index (κ1) is 17.7. The summed E-state index contributed by atoms with van der Waals surface area (Å²) >= 11 is 6.11. The molecule has 1 saturated carbocycles. The third kappa shape index (κ3) is 3.20. The molecule has 7 nitrogen and oxygen atoms in total. The zero-order valence-electron chi connectivity index (χ0n) is 13.8. The van der Waals surface area contributed by atoms with E-state index < -0.39 is 16.9 Å². The quantitative estimate of drug-likeness (QED) is 0.465. The van der Waals surface area contributed by atoms with Crippen LogP contribution in [0.4, 0.5) is 5.69 Å².